The van der Waals surface area contributed by atoms with E-state index in [2.05, 4.69) is 27.2 Å². The van der Waals surface area contributed by atoms with E-state index in [9.17, 15) is 9.46 Å². The lowest BCUT2D eigenvalue weighted by atomic mass is 9.91. The molecule has 0 aromatic heterocycles. The number of phosphoric acid groups is 1. The molecule has 3 unspecified atom stereocenters. The summed E-state index contributed by atoms with van der Waals surface area (Å²) < 4.78 is 24.1. The highest BCUT2D eigenvalue weighted by Gasteiger charge is 2.40. The van der Waals surface area contributed by atoms with Crippen LogP contribution in [0, 0.1) is 0 Å². The van der Waals surface area contributed by atoms with E-state index in [1.54, 1.807) is 5.57 Å². The molecular weight excluding hydrogens is 421 g/mol. The number of unbranched alkanes of at least 4 members (excludes halogenated alkanes) is 8. The first-order valence-electron chi connectivity index (χ1n) is 13.4. The van der Waals surface area contributed by atoms with Gasteiger partial charge in [-0.3, -0.25) is 9.05 Å². The molecule has 0 heterocycles. The second-order valence-corrected chi connectivity index (χ2v) is 12.4. The maximum atomic E-state index is 12.4. The lowest BCUT2D eigenvalue weighted by Gasteiger charge is -2.41. The maximum absolute atomic E-state index is 12.4. The Labute approximate surface area is 198 Å². The van der Waals surface area contributed by atoms with Gasteiger partial charge in [-0.1, -0.05) is 63.0 Å². The quantitative estimate of drug-likeness (QED) is 0.116. The van der Waals surface area contributed by atoms with Crippen molar-refractivity contribution in [1.82, 2.24) is 0 Å². The lowest BCUT2D eigenvalue weighted by Crippen LogP contribution is -2.53. The van der Waals surface area contributed by atoms with Crippen molar-refractivity contribution in [3.63, 3.8) is 0 Å². The molecule has 188 valence electrons. The van der Waals surface area contributed by atoms with Gasteiger partial charge in [0.25, 0.3) is 0 Å². The standard InChI is InChI=1S/C26H50NO4P/c1-27(2,3)25-21-15-16-22-26(25)31-32(28,29)30-23-17-10-8-6-4-5-7-9-12-18-24-19-13-11-14-20-24/h18,25-26H,4-17,19-23H2,1-3H3/p+1. The van der Waals surface area contributed by atoms with E-state index in [4.69, 9.17) is 9.05 Å². The Morgan fingerprint density at radius 3 is 2.12 bits per heavy atom. The smallest absolute Gasteiger partial charge is 0.326 e. The summed E-state index contributed by atoms with van der Waals surface area (Å²) >= 11 is 0. The number of hydrogen-bond acceptors (Lipinski definition) is 3. The van der Waals surface area contributed by atoms with E-state index >= 15 is 0 Å². The molecule has 0 spiro atoms. The Hall–Kier alpha value is -0.190. The van der Waals surface area contributed by atoms with Crippen molar-refractivity contribution in [3.8, 4) is 0 Å². The minimum absolute atomic E-state index is 0.196. The van der Waals surface area contributed by atoms with Gasteiger partial charge < -0.3 is 9.38 Å². The molecule has 32 heavy (non-hydrogen) atoms. The van der Waals surface area contributed by atoms with Crippen LogP contribution < -0.4 is 0 Å². The molecule has 0 bridgehead atoms. The second-order valence-electron chi connectivity index (χ2n) is 11.0. The van der Waals surface area contributed by atoms with Crippen LogP contribution in [0.15, 0.2) is 11.6 Å². The van der Waals surface area contributed by atoms with Crippen molar-refractivity contribution < 1.29 is 23.0 Å². The lowest BCUT2D eigenvalue weighted by molar-refractivity contribution is -0.900. The van der Waals surface area contributed by atoms with Crippen LogP contribution in [-0.2, 0) is 13.6 Å². The number of nitrogens with zero attached hydrogens (tertiary/aromatic N) is 1. The van der Waals surface area contributed by atoms with Gasteiger partial charge in [-0.05, 0) is 57.8 Å². The van der Waals surface area contributed by atoms with Gasteiger partial charge in [0.05, 0.1) is 27.7 Å². The average Bonchev–Trinajstić information content (AvgIpc) is 2.74. The molecule has 2 fully saturated rings. The van der Waals surface area contributed by atoms with Crippen molar-refractivity contribution in [3.05, 3.63) is 11.6 Å². The van der Waals surface area contributed by atoms with Gasteiger partial charge >= 0.3 is 7.82 Å². The maximum Gasteiger partial charge on any atom is 0.472 e. The fourth-order valence-corrected chi connectivity index (χ4v) is 6.30. The van der Waals surface area contributed by atoms with E-state index < -0.39 is 7.82 Å². The first-order valence-corrected chi connectivity index (χ1v) is 14.9. The van der Waals surface area contributed by atoms with Crippen LogP contribution in [0.2, 0.25) is 0 Å². The molecule has 3 atom stereocenters. The zero-order valence-corrected chi connectivity index (χ0v) is 22.1. The van der Waals surface area contributed by atoms with Gasteiger partial charge in [0.1, 0.15) is 12.1 Å². The molecule has 0 aromatic rings. The average molecular weight is 473 g/mol. The third-order valence-corrected chi connectivity index (χ3v) is 8.26. The Kier molecular flexibility index (Phi) is 13.1. The number of hydrogen-bond donors (Lipinski definition) is 1. The first kappa shape index (κ1) is 28.1. The molecule has 5 nitrogen and oxygen atoms in total. The molecule has 0 amide bonds. The van der Waals surface area contributed by atoms with Crippen molar-refractivity contribution in [2.75, 3.05) is 27.7 Å². The number of allylic oxidation sites excluding steroid dienone is 2. The Morgan fingerprint density at radius 1 is 0.875 bits per heavy atom. The van der Waals surface area contributed by atoms with Gasteiger partial charge in [0.15, 0.2) is 0 Å². The van der Waals surface area contributed by atoms with Gasteiger partial charge in [0.2, 0.25) is 0 Å². The van der Waals surface area contributed by atoms with E-state index in [-0.39, 0.29) is 12.1 Å². The van der Waals surface area contributed by atoms with Crippen LogP contribution in [-0.4, -0.2) is 49.3 Å². The fourth-order valence-electron chi connectivity index (χ4n) is 5.29. The number of phosphoric ester groups is 1. The van der Waals surface area contributed by atoms with E-state index in [1.165, 1.54) is 77.0 Å². The molecule has 1 N–H and O–H groups in total. The molecular formula is C26H51NO4P+. The first-order chi connectivity index (χ1) is 15.3. The van der Waals surface area contributed by atoms with Crippen LogP contribution in [0.4, 0.5) is 0 Å². The molecule has 0 aromatic carbocycles. The molecule has 2 rings (SSSR count). The van der Waals surface area contributed by atoms with Crippen molar-refractivity contribution in [1.29, 1.82) is 0 Å². The topological polar surface area (TPSA) is 55.8 Å². The van der Waals surface area contributed by atoms with E-state index in [0.29, 0.717) is 6.61 Å². The summed E-state index contributed by atoms with van der Waals surface area (Å²) in [5, 5.41) is 0. The summed E-state index contributed by atoms with van der Waals surface area (Å²) in [7, 11) is 2.42. The normalized spacial score (nSPS) is 24.3. The Balaban J connectivity index is 1.45. The summed E-state index contributed by atoms with van der Waals surface area (Å²) in [6, 6.07) is 0.247. The molecule has 0 radical (unpaired) electrons. The molecule has 6 heteroatoms. The molecule has 0 saturated heterocycles. The van der Waals surface area contributed by atoms with Gasteiger partial charge in [-0.25, -0.2) is 4.57 Å². The van der Waals surface area contributed by atoms with Gasteiger partial charge in [0, 0.05) is 6.42 Å². The monoisotopic (exact) mass is 472 g/mol. The van der Waals surface area contributed by atoms with Crippen molar-refractivity contribution in [2.45, 2.75) is 128 Å². The predicted molar refractivity (Wildman–Crippen MR) is 134 cm³/mol. The van der Waals surface area contributed by atoms with E-state index in [1.807, 2.05) is 0 Å². The van der Waals surface area contributed by atoms with Crippen LogP contribution in [0.5, 0.6) is 0 Å². The minimum Gasteiger partial charge on any atom is -0.326 e. The predicted octanol–water partition coefficient (Wildman–Crippen LogP) is 7.54. The minimum atomic E-state index is -3.97. The third-order valence-electron chi connectivity index (χ3n) is 7.21. The number of quaternary nitrogens is 1. The molecule has 0 aliphatic heterocycles. The largest absolute Gasteiger partial charge is 0.472 e. The zero-order chi connectivity index (χ0) is 23.3. The molecule has 2 aliphatic carbocycles. The van der Waals surface area contributed by atoms with Crippen LogP contribution in [0.1, 0.15) is 116 Å². The summed E-state index contributed by atoms with van der Waals surface area (Å²) in [6.07, 6.45) is 24.2. The van der Waals surface area contributed by atoms with Gasteiger partial charge in [-0.15, -0.1) is 0 Å². The van der Waals surface area contributed by atoms with Gasteiger partial charge in [-0.2, -0.15) is 0 Å². The van der Waals surface area contributed by atoms with Crippen molar-refractivity contribution in [2.24, 2.45) is 0 Å². The fraction of sp³-hybridized carbons (Fsp3) is 0.923. The summed E-state index contributed by atoms with van der Waals surface area (Å²) in [6.45, 7) is 0.310. The Bertz CT molecular complexity index is 579. The third kappa shape index (κ3) is 11.8. The highest BCUT2D eigenvalue weighted by atomic mass is 31.2. The summed E-state index contributed by atoms with van der Waals surface area (Å²) in [5.74, 6) is 0. The Morgan fingerprint density at radius 2 is 1.47 bits per heavy atom. The molecule has 2 aliphatic rings. The molecule has 2 saturated carbocycles. The second kappa shape index (κ2) is 14.9. The van der Waals surface area contributed by atoms with Crippen LogP contribution >= 0.6 is 7.82 Å². The summed E-state index contributed by atoms with van der Waals surface area (Å²) in [5.41, 5.74) is 1.71. The number of rotatable bonds is 15. The van der Waals surface area contributed by atoms with Crippen molar-refractivity contribution >= 4 is 7.82 Å². The highest BCUT2D eigenvalue weighted by Crippen LogP contribution is 2.47. The van der Waals surface area contributed by atoms with E-state index in [0.717, 1.165) is 43.0 Å². The van der Waals surface area contributed by atoms with Crippen LogP contribution in [0.25, 0.3) is 0 Å². The number of likely N-dealkylation sites (N-methyl/N-ethyl adjacent to an activating group) is 1. The SMILES string of the molecule is C[N+](C)(C)C1CCCCC1OP(=O)(O)OCCCCCCCCCCC=C1CCCCC1. The summed E-state index contributed by atoms with van der Waals surface area (Å²) in [4.78, 5) is 10.2. The highest BCUT2D eigenvalue weighted by molar-refractivity contribution is 7.47. The zero-order valence-electron chi connectivity index (χ0n) is 21.2. The van der Waals surface area contributed by atoms with Crippen LogP contribution in [0.3, 0.4) is 0 Å².